The molecule has 2 aliphatic carbocycles. The molecule has 0 radical (unpaired) electrons. The van der Waals surface area contributed by atoms with Crippen molar-refractivity contribution >= 4 is 23.2 Å². The fourth-order valence-electron chi connectivity index (χ4n) is 4.16. The molecule has 2 amide bonds. The van der Waals surface area contributed by atoms with Crippen molar-refractivity contribution in [2.75, 3.05) is 10.6 Å². The average molecular weight is 357 g/mol. The lowest BCUT2D eigenvalue weighted by Crippen LogP contribution is -2.25. The molecule has 3 rings (SSSR count). The molecule has 0 atom stereocenters. The quantitative estimate of drug-likeness (QED) is 0.753. The molecule has 5 heteroatoms. The van der Waals surface area contributed by atoms with Crippen LogP contribution >= 0.6 is 0 Å². The first kappa shape index (κ1) is 18.9. The van der Waals surface area contributed by atoms with Crippen molar-refractivity contribution in [3.63, 3.8) is 0 Å². The Labute approximate surface area is 156 Å². The Morgan fingerprint density at radius 3 is 1.69 bits per heavy atom. The first-order chi connectivity index (χ1) is 12.7. The van der Waals surface area contributed by atoms with Crippen LogP contribution in [0.2, 0.25) is 0 Å². The number of rotatable bonds is 4. The third-order valence-electron chi connectivity index (χ3n) is 5.79. The van der Waals surface area contributed by atoms with Crippen molar-refractivity contribution in [3.8, 4) is 0 Å². The molecule has 0 aromatic carbocycles. The zero-order valence-electron chi connectivity index (χ0n) is 15.6. The van der Waals surface area contributed by atoms with Gasteiger partial charge in [0.1, 0.15) is 0 Å². The molecule has 0 saturated heterocycles. The summed E-state index contributed by atoms with van der Waals surface area (Å²) in [5, 5.41) is 6.05. The molecule has 1 heterocycles. The number of anilines is 2. The molecule has 1 aromatic rings. The second-order valence-electron chi connectivity index (χ2n) is 7.78. The van der Waals surface area contributed by atoms with Gasteiger partial charge in [-0.05, 0) is 31.7 Å². The van der Waals surface area contributed by atoms with Gasteiger partial charge in [-0.15, -0.1) is 0 Å². The van der Waals surface area contributed by atoms with E-state index in [1.807, 2.05) is 0 Å². The number of amides is 2. The van der Waals surface area contributed by atoms with E-state index in [-0.39, 0.29) is 23.7 Å². The van der Waals surface area contributed by atoms with Gasteiger partial charge < -0.3 is 10.6 Å². The predicted octanol–water partition coefficient (Wildman–Crippen LogP) is 4.90. The lowest BCUT2D eigenvalue weighted by molar-refractivity contribution is -0.121. The maximum absolute atomic E-state index is 12.7. The Morgan fingerprint density at radius 1 is 0.731 bits per heavy atom. The minimum absolute atomic E-state index is 0.0601. The molecule has 0 spiro atoms. The van der Waals surface area contributed by atoms with Crippen molar-refractivity contribution < 1.29 is 9.59 Å². The Kier molecular flexibility index (Phi) is 7.04. The number of aromatic nitrogens is 1. The molecule has 0 unspecified atom stereocenters. The van der Waals surface area contributed by atoms with E-state index < -0.39 is 0 Å². The van der Waals surface area contributed by atoms with E-state index in [1.165, 1.54) is 25.7 Å². The van der Waals surface area contributed by atoms with E-state index in [0.717, 1.165) is 51.4 Å². The Hall–Kier alpha value is -1.91. The van der Waals surface area contributed by atoms with Crippen LogP contribution in [0.1, 0.15) is 77.0 Å². The van der Waals surface area contributed by atoms with Crippen LogP contribution in [0.4, 0.5) is 11.4 Å². The average Bonchev–Trinajstić information content (AvgIpc) is 3.08. The van der Waals surface area contributed by atoms with E-state index in [0.29, 0.717) is 11.4 Å². The van der Waals surface area contributed by atoms with Crippen molar-refractivity contribution in [3.05, 3.63) is 18.5 Å². The molecular formula is C21H31N3O2. The molecule has 142 valence electrons. The summed E-state index contributed by atoms with van der Waals surface area (Å²) < 4.78 is 0. The summed E-state index contributed by atoms with van der Waals surface area (Å²) in [5.41, 5.74) is 1.28. The van der Waals surface area contributed by atoms with Crippen LogP contribution in [0.5, 0.6) is 0 Å². The van der Waals surface area contributed by atoms with Crippen molar-refractivity contribution in [2.24, 2.45) is 11.8 Å². The van der Waals surface area contributed by atoms with Gasteiger partial charge in [-0.25, -0.2) is 0 Å². The number of hydrogen-bond donors (Lipinski definition) is 2. The normalized spacial score (nSPS) is 20.0. The number of carbonyl (C=O) groups excluding carboxylic acids is 2. The highest BCUT2D eigenvalue weighted by atomic mass is 16.2. The number of pyridine rings is 1. The molecule has 2 N–H and O–H groups in total. The standard InChI is InChI=1S/C21H31N3O2/c25-20(16-9-5-1-2-6-10-16)23-18-13-14-22-15-19(18)24-21(26)17-11-7-3-4-8-12-17/h13-17H,1-12H2,(H,24,26)(H,22,23,25). The lowest BCUT2D eigenvalue weighted by atomic mass is 9.99. The number of hydrogen-bond acceptors (Lipinski definition) is 3. The van der Waals surface area contributed by atoms with Crippen molar-refractivity contribution in [1.82, 2.24) is 4.98 Å². The third kappa shape index (κ3) is 5.29. The Bertz CT molecular complexity index is 548. The second kappa shape index (κ2) is 9.70. The van der Waals surface area contributed by atoms with E-state index in [1.54, 1.807) is 18.5 Å². The number of nitrogens with one attached hydrogen (secondary N) is 2. The van der Waals surface area contributed by atoms with Gasteiger partial charge in [-0.2, -0.15) is 0 Å². The topological polar surface area (TPSA) is 71.1 Å². The van der Waals surface area contributed by atoms with Crippen LogP contribution in [0, 0.1) is 11.8 Å². The predicted molar refractivity (Wildman–Crippen MR) is 104 cm³/mol. The third-order valence-corrected chi connectivity index (χ3v) is 5.79. The van der Waals surface area contributed by atoms with Gasteiger partial charge in [0.15, 0.2) is 0 Å². The van der Waals surface area contributed by atoms with Gasteiger partial charge in [0.2, 0.25) is 11.8 Å². The molecule has 0 aliphatic heterocycles. The zero-order chi connectivity index (χ0) is 18.2. The SMILES string of the molecule is O=C(Nc1ccncc1NC(=O)C1CCCCCC1)C1CCCCCC1. The highest BCUT2D eigenvalue weighted by Crippen LogP contribution is 2.28. The summed E-state index contributed by atoms with van der Waals surface area (Å²) in [7, 11) is 0. The van der Waals surface area contributed by atoms with Crippen molar-refractivity contribution in [2.45, 2.75) is 77.0 Å². The summed E-state index contributed by atoms with van der Waals surface area (Å²) in [6.45, 7) is 0. The minimum Gasteiger partial charge on any atom is -0.324 e. The van der Waals surface area contributed by atoms with Crippen molar-refractivity contribution in [1.29, 1.82) is 0 Å². The zero-order valence-corrected chi connectivity index (χ0v) is 15.6. The number of carbonyl (C=O) groups is 2. The molecule has 2 fully saturated rings. The fraction of sp³-hybridized carbons (Fsp3) is 0.667. The monoisotopic (exact) mass is 357 g/mol. The first-order valence-electron chi connectivity index (χ1n) is 10.3. The van der Waals surface area contributed by atoms with Crippen LogP contribution in [0.3, 0.4) is 0 Å². The molecule has 5 nitrogen and oxygen atoms in total. The van der Waals surface area contributed by atoms with Crippen LogP contribution in [0.15, 0.2) is 18.5 Å². The Balaban J connectivity index is 1.63. The molecule has 26 heavy (non-hydrogen) atoms. The van der Waals surface area contributed by atoms with Gasteiger partial charge in [0.25, 0.3) is 0 Å². The molecule has 2 saturated carbocycles. The van der Waals surface area contributed by atoms with Gasteiger partial charge in [-0.1, -0.05) is 51.4 Å². The molecule has 1 aromatic heterocycles. The summed E-state index contributed by atoms with van der Waals surface area (Å²) in [6.07, 6.45) is 16.5. The minimum atomic E-state index is 0.0601. The highest BCUT2D eigenvalue weighted by Gasteiger charge is 2.23. The summed E-state index contributed by atoms with van der Waals surface area (Å²) in [4.78, 5) is 29.4. The second-order valence-corrected chi connectivity index (χ2v) is 7.78. The van der Waals surface area contributed by atoms with Crippen LogP contribution in [-0.2, 0) is 9.59 Å². The maximum Gasteiger partial charge on any atom is 0.227 e. The smallest absolute Gasteiger partial charge is 0.227 e. The Morgan fingerprint density at radius 2 is 1.19 bits per heavy atom. The fourth-order valence-corrected chi connectivity index (χ4v) is 4.16. The first-order valence-corrected chi connectivity index (χ1v) is 10.3. The van der Waals surface area contributed by atoms with Gasteiger partial charge in [0.05, 0.1) is 17.6 Å². The largest absolute Gasteiger partial charge is 0.324 e. The summed E-state index contributed by atoms with van der Waals surface area (Å²) in [5.74, 6) is 0.284. The van der Waals surface area contributed by atoms with Crippen LogP contribution in [-0.4, -0.2) is 16.8 Å². The summed E-state index contributed by atoms with van der Waals surface area (Å²) >= 11 is 0. The lowest BCUT2D eigenvalue weighted by Gasteiger charge is -2.18. The van der Waals surface area contributed by atoms with Gasteiger partial charge in [0, 0.05) is 18.0 Å². The maximum atomic E-state index is 12.7. The van der Waals surface area contributed by atoms with Gasteiger partial charge in [-0.3, -0.25) is 14.6 Å². The van der Waals surface area contributed by atoms with E-state index in [9.17, 15) is 9.59 Å². The van der Waals surface area contributed by atoms with Crippen LogP contribution < -0.4 is 10.6 Å². The van der Waals surface area contributed by atoms with E-state index >= 15 is 0 Å². The summed E-state index contributed by atoms with van der Waals surface area (Å²) in [6, 6.07) is 1.78. The number of nitrogens with zero attached hydrogens (tertiary/aromatic N) is 1. The molecular weight excluding hydrogens is 326 g/mol. The van der Waals surface area contributed by atoms with Gasteiger partial charge >= 0.3 is 0 Å². The highest BCUT2D eigenvalue weighted by molar-refractivity contribution is 6.00. The van der Waals surface area contributed by atoms with Crippen LogP contribution in [0.25, 0.3) is 0 Å². The molecule has 2 aliphatic rings. The van der Waals surface area contributed by atoms with E-state index in [4.69, 9.17) is 0 Å². The van der Waals surface area contributed by atoms with E-state index in [2.05, 4.69) is 15.6 Å². The molecule has 0 bridgehead atoms.